The minimum absolute atomic E-state index is 0.00244. The minimum Gasteiger partial charge on any atom is -0.489 e. The number of alkyl halides is 3. The van der Waals surface area contributed by atoms with Crippen LogP contribution in [0, 0.1) is 0 Å². The molecule has 0 spiro atoms. The highest BCUT2D eigenvalue weighted by molar-refractivity contribution is 7.17. The molecule has 1 aliphatic heterocycles. The Morgan fingerprint density at radius 3 is 2.44 bits per heavy atom. The van der Waals surface area contributed by atoms with Gasteiger partial charge in [-0.05, 0) is 43.7 Å². The van der Waals surface area contributed by atoms with E-state index in [2.05, 4.69) is 20.3 Å². The number of carbonyl (C=O) groups is 1. The van der Waals surface area contributed by atoms with Gasteiger partial charge in [0.1, 0.15) is 15.8 Å². The lowest BCUT2D eigenvalue weighted by Gasteiger charge is -2.14. The maximum Gasteiger partial charge on any atom is 0.490 e. The van der Waals surface area contributed by atoms with E-state index in [1.807, 2.05) is 19.9 Å². The molecule has 0 saturated carbocycles. The molecule has 1 aromatic heterocycles. The van der Waals surface area contributed by atoms with Crippen LogP contribution in [0.25, 0.3) is 21.1 Å². The molecule has 0 fully saturated rings. The smallest absolute Gasteiger partial charge is 0.489 e. The van der Waals surface area contributed by atoms with Gasteiger partial charge in [0.2, 0.25) is 0 Å². The van der Waals surface area contributed by atoms with Gasteiger partial charge in [0.25, 0.3) is 0 Å². The van der Waals surface area contributed by atoms with Crippen LogP contribution in [0.4, 0.5) is 13.2 Å². The fourth-order valence-electron chi connectivity index (χ4n) is 3.18. The Morgan fingerprint density at radius 2 is 1.81 bits per heavy atom. The molecule has 1 aliphatic rings. The van der Waals surface area contributed by atoms with Crippen LogP contribution in [-0.2, 0) is 16.1 Å². The molecule has 11 heteroatoms. The normalized spacial score (nSPS) is 15.7. The van der Waals surface area contributed by atoms with E-state index >= 15 is 0 Å². The average molecular weight is 484 g/mol. The van der Waals surface area contributed by atoms with Crippen LogP contribution in [0.15, 0.2) is 36.4 Å². The molecule has 2 aromatic carbocycles. The fraction of sp³-hybridized carbons (Fsp3) is 0.286. The summed E-state index contributed by atoms with van der Waals surface area (Å²) in [7, 11) is 0. The average Bonchev–Trinajstić information content (AvgIpc) is 3.36. The summed E-state index contributed by atoms with van der Waals surface area (Å²) in [4.78, 5) is 11.1. The van der Waals surface area contributed by atoms with Gasteiger partial charge in [0.05, 0.1) is 11.1 Å². The van der Waals surface area contributed by atoms with E-state index in [-0.39, 0.29) is 12.6 Å². The van der Waals surface area contributed by atoms with Crippen LogP contribution in [0.2, 0.25) is 5.02 Å². The molecule has 0 aliphatic carbocycles. The molecular weight excluding hydrogens is 467 g/mol. The zero-order valence-corrected chi connectivity index (χ0v) is 18.4. The third-order valence-electron chi connectivity index (χ3n) is 4.57. The van der Waals surface area contributed by atoms with Crippen molar-refractivity contribution >= 4 is 28.9 Å². The summed E-state index contributed by atoms with van der Waals surface area (Å²) >= 11 is 7.66. The molecule has 1 N–H and O–H groups in total. The van der Waals surface area contributed by atoms with Gasteiger partial charge in [-0.15, -0.1) is 10.2 Å². The molecule has 0 bridgehead atoms. The second-order valence-corrected chi connectivity index (χ2v) is 8.69. The van der Waals surface area contributed by atoms with Crippen molar-refractivity contribution < 1.29 is 27.4 Å². The Morgan fingerprint density at radius 1 is 1.16 bits per heavy atom. The van der Waals surface area contributed by atoms with Crippen LogP contribution in [-0.4, -0.2) is 28.4 Å². The largest absolute Gasteiger partial charge is 0.490 e. The first-order valence-electron chi connectivity index (χ1n) is 9.56. The van der Waals surface area contributed by atoms with Crippen molar-refractivity contribution in [3.63, 3.8) is 0 Å². The Kier molecular flexibility index (Phi) is 6.11. The van der Waals surface area contributed by atoms with Crippen molar-refractivity contribution in [2.24, 2.45) is 0 Å². The zero-order valence-electron chi connectivity index (χ0n) is 16.9. The molecule has 1 unspecified atom stereocenters. The molecule has 2 heterocycles. The summed E-state index contributed by atoms with van der Waals surface area (Å²) in [6, 6.07) is 10.5. The van der Waals surface area contributed by atoms with E-state index in [1.165, 1.54) is 11.3 Å². The number of nitrogens with one attached hydrogen (secondary N) is 1. The lowest BCUT2D eigenvalue weighted by atomic mass is 10.1. The van der Waals surface area contributed by atoms with E-state index in [4.69, 9.17) is 16.3 Å². The molecule has 1 atom stereocenters. The molecule has 4 rings (SSSR count). The van der Waals surface area contributed by atoms with Crippen LogP contribution >= 0.6 is 22.9 Å². The van der Waals surface area contributed by atoms with Crippen molar-refractivity contribution in [2.45, 2.75) is 38.9 Å². The number of rotatable bonds is 5. The van der Waals surface area contributed by atoms with Gasteiger partial charge in [-0.1, -0.05) is 35.1 Å². The lowest BCUT2D eigenvalue weighted by Crippen LogP contribution is -2.30. The maximum absolute atomic E-state index is 12.5. The number of carbonyl (C=O) groups excluding carboxylic acids is 1. The van der Waals surface area contributed by atoms with Crippen LogP contribution in [0.3, 0.4) is 0 Å². The quantitative estimate of drug-likeness (QED) is 0.482. The zero-order chi connectivity index (χ0) is 23.0. The number of esters is 1. The Labute approximate surface area is 190 Å². The first-order valence-corrected chi connectivity index (χ1v) is 10.8. The summed E-state index contributed by atoms with van der Waals surface area (Å²) in [5, 5.41) is 13.0. The number of ether oxygens (including phenoxy) is 2. The highest BCUT2D eigenvalue weighted by Gasteiger charge is 2.43. The predicted octanol–water partition coefficient (Wildman–Crippen LogP) is 5.52. The molecule has 3 aromatic rings. The van der Waals surface area contributed by atoms with E-state index in [1.54, 1.807) is 30.3 Å². The summed E-state index contributed by atoms with van der Waals surface area (Å²) in [6.45, 7) is 4.09. The number of fused-ring (bicyclic) bond motifs is 1. The van der Waals surface area contributed by atoms with Gasteiger partial charge in [-0.3, -0.25) is 5.32 Å². The molecular formula is C21H17ClF3N3O3S. The molecule has 0 amide bonds. The van der Waals surface area contributed by atoms with Crippen LogP contribution in [0.1, 0.15) is 31.2 Å². The van der Waals surface area contributed by atoms with Crippen molar-refractivity contribution in [1.29, 1.82) is 0 Å². The number of nitrogens with zero attached hydrogens (tertiary/aromatic N) is 2. The Balaban J connectivity index is 1.53. The van der Waals surface area contributed by atoms with Gasteiger partial charge in [0, 0.05) is 23.2 Å². The number of halogens is 4. The monoisotopic (exact) mass is 483 g/mol. The van der Waals surface area contributed by atoms with E-state index in [0.717, 1.165) is 16.7 Å². The molecule has 32 heavy (non-hydrogen) atoms. The van der Waals surface area contributed by atoms with E-state index in [0.29, 0.717) is 26.4 Å². The third kappa shape index (κ3) is 4.72. The molecule has 0 saturated heterocycles. The first-order chi connectivity index (χ1) is 15.1. The van der Waals surface area contributed by atoms with Crippen molar-refractivity contribution in [3.8, 4) is 26.9 Å². The number of hydrogen-bond acceptors (Lipinski definition) is 7. The topological polar surface area (TPSA) is 73.3 Å². The maximum atomic E-state index is 12.5. The van der Waals surface area contributed by atoms with Gasteiger partial charge in [-0.25, -0.2) is 4.79 Å². The predicted molar refractivity (Wildman–Crippen MR) is 113 cm³/mol. The van der Waals surface area contributed by atoms with E-state index in [9.17, 15) is 18.0 Å². The van der Waals surface area contributed by atoms with Gasteiger partial charge < -0.3 is 9.47 Å². The van der Waals surface area contributed by atoms with Crippen LogP contribution in [0.5, 0.6) is 5.75 Å². The van der Waals surface area contributed by atoms with Gasteiger partial charge in [-0.2, -0.15) is 13.2 Å². The Bertz CT molecular complexity index is 1170. The summed E-state index contributed by atoms with van der Waals surface area (Å²) in [6.07, 6.45) is -6.20. The standard InChI is InChI=1S/C21H17ClF3N3O3S/c1-10(2)30-16-6-4-12(8-15(16)22)19-28-27-18(32-19)11-3-5-14-13(7-11)9-26-17(14)31-20(29)21(23,24)25/h3-8,10,17,26H,9H2,1-2H3. The molecule has 0 radical (unpaired) electrons. The van der Waals surface area contributed by atoms with Crippen molar-refractivity contribution in [2.75, 3.05) is 0 Å². The van der Waals surface area contributed by atoms with Crippen molar-refractivity contribution in [3.05, 3.63) is 52.5 Å². The van der Waals surface area contributed by atoms with E-state index < -0.39 is 18.4 Å². The van der Waals surface area contributed by atoms with Gasteiger partial charge >= 0.3 is 12.1 Å². The van der Waals surface area contributed by atoms with Crippen molar-refractivity contribution in [1.82, 2.24) is 15.5 Å². The SMILES string of the molecule is CC(C)Oc1ccc(-c2nnc(-c3ccc4c(c3)CNC4OC(=O)C(F)(F)F)s2)cc1Cl. The van der Waals surface area contributed by atoms with Crippen LogP contribution < -0.4 is 10.1 Å². The fourth-order valence-corrected chi connectivity index (χ4v) is 4.24. The summed E-state index contributed by atoms with van der Waals surface area (Å²) in [5.74, 6) is -1.65. The number of benzene rings is 2. The third-order valence-corrected chi connectivity index (χ3v) is 5.89. The number of hydrogen-bond donors (Lipinski definition) is 1. The second kappa shape index (κ2) is 8.68. The summed E-state index contributed by atoms with van der Waals surface area (Å²) in [5.41, 5.74) is 2.74. The second-order valence-electron chi connectivity index (χ2n) is 7.30. The number of aromatic nitrogens is 2. The minimum atomic E-state index is -5.05. The Hall–Kier alpha value is -2.69. The molecule has 6 nitrogen and oxygen atoms in total. The lowest BCUT2D eigenvalue weighted by molar-refractivity contribution is -0.206. The summed E-state index contributed by atoms with van der Waals surface area (Å²) < 4.78 is 47.6. The first kappa shape index (κ1) is 22.5. The van der Waals surface area contributed by atoms with Gasteiger partial charge in [0.15, 0.2) is 6.23 Å². The highest BCUT2D eigenvalue weighted by atomic mass is 35.5. The highest BCUT2D eigenvalue weighted by Crippen LogP contribution is 2.37. The molecule has 168 valence electrons.